The summed E-state index contributed by atoms with van der Waals surface area (Å²) in [5.41, 5.74) is 0. The molecule has 0 unspecified atom stereocenters. The molecule has 0 heteroatoms. The van der Waals surface area contributed by atoms with Crippen molar-refractivity contribution >= 4 is 0 Å². The molecule has 52 valence electrons. The van der Waals surface area contributed by atoms with Gasteiger partial charge in [0, 0.05) is 0 Å². The first kappa shape index (κ1) is 6.85. The van der Waals surface area contributed by atoms with Crippen molar-refractivity contribution in [2.45, 2.75) is 33.1 Å². The Morgan fingerprint density at radius 3 is 2.67 bits per heavy atom. The largest absolute Gasteiger partial charge is 0.0917 e. The molecular weight excluding hydrogens is 108 g/mol. The van der Waals surface area contributed by atoms with E-state index in [0.717, 1.165) is 11.8 Å². The third kappa shape index (κ3) is 2.21. The Kier molecular flexibility index (Phi) is 2.32. The third-order valence-corrected chi connectivity index (χ3v) is 2.22. The quantitative estimate of drug-likeness (QED) is 0.507. The summed E-state index contributed by atoms with van der Waals surface area (Å²) >= 11 is 0. The Morgan fingerprint density at radius 1 is 1.56 bits per heavy atom. The maximum absolute atomic E-state index is 2.35. The standard InChI is InChI=1S/C9H16/c1-3-4-5-6-9-7-8(9)2/h3-4,8-9H,5-7H2,1-2H3/b4-3+/t8-,9+/m0/s1. The van der Waals surface area contributed by atoms with Crippen molar-refractivity contribution in [2.24, 2.45) is 11.8 Å². The molecule has 0 amide bonds. The lowest BCUT2D eigenvalue weighted by Gasteiger charge is -1.89. The first-order chi connectivity index (χ1) is 4.34. The minimum absolute atomic E-state index is 1.04. The number of rotatable bonds is 3. The first-order valence-corrected chi connectivity index (χ1v) is 3.95. The van der Waals surface area contributed by atoms with E-state index in [0.29, 0.717) is 0 Å². The van der Waals surface area contributed by atoms with E-state index in [9.17, 15) is 0 Å². The Hall–Kier alpha value is -0.260. The van der Waals surface area contributed by atoms with Crippen molar-refractivity contribution in [1.82, 2.24) is 0 Å². The molecule has 0 aromatic carbocycles. The molecule has 0 saturated heterocycles. The second-order valence-corrected chi connectivity index (χ2v) is 3.12. The van der Waals surface area contributed by atoms with Gasteiger partial charge in [0.25, 0.3) is 0 Å². The first-order valence-electron chi connectivity index (χ1n) is 3.95. The van der Waals surface area contributed by atoms with E-state index in [2.05, 4.69) is 26.0 Å². The summed E-state index contributed by atoms with van der Waals surface area (Å²) in [6.07, 6.45) is 8.62. The summed E-state index contributed by atoms with van der Waals surface area (Å²) in [5.74, 6) is 2.11. The van der Waals surface area contributed by atoms with Gasteiger partial charge in [0.2, 0.25) is 0 Å². The molecule has 1 fully saturated rings. The van der Waals surface area contributed by atoms with Crippen LogP contribution in [0.1, 0.15) is 33.1 Å². The van der Waals surface area contributed by atoms with Crippen molar-refractivity contribution in [1.29, 1.82) is 0 Å². The lowest BCUT2D eigenvalue weighted by atomic mass is 10.2. The molecule has 1 rings (SSSR count). The Bertz CT molecular complexity index is 103. The molecule has 1 aliphatic carbocycles. The molecule has 2 atom stereocenters. The van der Waals surface area contributed by atoms with Gasteiger partial charge in [-0.05, 0) is 38.0 Å². The molecule has 0 spiro atoms. The van der Waals surface area contributed by atoms with Gasteiger partial charge in [-0.1, -0.05) is 19.1 Å². The van der Waals surface area contributed by atoms with Gasteiger partial charge in [0.1, 0.15) is 0 Å². The van der Waals surface area contributed by atoms with Crippen molar-refractivity contribution in [3.05, 3.63) is 12.2 Å². The second kappa shape index (κ2) is 3.05. The smallest absolute Gasteiger partial charge is 0.0348 e. The molecule has 1 aliphatic rings. The van der Waals surface area contributed by atoms with E-state index in [4.69, 9.17) is 0 Å². The second-order valence-electron chi connectivity index (χ2n) is 3.12. The number of hydrogen-bond acceptors (Lipinski definition) is 0. The van der Waals surface area contributed by atoms with Gasteiger partial charge >= 0.3 is 0 Å². The van der Waals surface area contributed by atoms with Crippen LogP contribution in [0.4, 0.5) is 0 Å². The average molecular weight is 124 g/mol. The van der Waals surface area contributed by atoms with Crippen LogP contribution in [0.15, 0.2) is 12.2 Å². The summed E-state index contributed by atoms with van der Waals surface area (Å²) in [6, 6.07) is 0. The van der Waals surface area contributed by atoms with Crippen LogP contribution in [0.2, 0.25) is 0 Å². The van der Waals surface area contributed by atoms with Crippen LogP contribution in [0.3, 0.4) is 0 Å². The van der Waals surface area contributed by atoms with Crippen LogP contribution in [0.25, 0.3) is 0 Å². The predicted octanol–water partition coefficient (Wildman–Crippen LogP) is 3.00. The van der Waals surface area contributed by atoms with Crippen LogP contribution >= 0.6 is 0 Å². The van der Waals surface area contributed by atoms with Gasteiger partial charge in [-0.25, -0.2) is 0 Å². The molecule has 0 bridgehead atoms. The SMILES string of the molecule is C/C=C/CC[C@@H]1C[C@@H]1C. The summed E-state index contributed by atoms with van der Waals surface area (Å²) < 4.78 is 0. The summed E-state index contributed by atoms with van der Waals surface area (Å²) in [6.45, 7) is 4.44. The highest BCUT2D eigenvalue weighted by Crippen LogP contribution is 2.41. The van der Waals surface area contributed by atoms with Crippen LogP contribution in [0.5, 0.6) is 0 Å². The van der Waals surface area contributed by atoms with Gasteiger partial charge in [0.05, 0.1) is 0 Å². The van der Waals surface area contributed by atoms with Crippen LogP contribution in [-0.4, -0.2) is 0 Å². The zero-order valence-electron chi connectivity index (χ0n) is 6.43. The van der Waals surface area contributed by atoms with E-state index in [1.807, 2.05) is 0 Å². The maximum atomic E-state index is 2.35. The molecular formula is C9H16. The maximum Gasteiger partial charge on any atom is -0.0348 e. The van der Waals surface area contributed by atoms with Gasteiger partial charge in [0.15, 0.2) is 0 Å². The molecule has 0 aromatic rings. The van der Waals surface area contributed by atoms with Crippen LogP contribution in [-0.2, 0) is 0 Å². The normalized spacial score (nSPS) is 33.6. The Labute approximate surface area is 58.0 Å². The lowest BCUT2D eigenvalue weighted by molar-refractivity contribution is 0.684. The van der Waals surface area contributed by atoms with Crippen molar-refractivity contribution in [2.75, 3.05) is 0 Å². The summed E-state index contributed by atoms with van der Waals surface area (Å²) in [7, 11) is 0. The predicted molar refractivity (Wildman–Crippen MR) is 41.3 cm³/mol. The molecule has 0 radical (unpaired) electrons. The van der Waals surface area contributed by atoms with E-state index < -0.39 is 0 Å². The van der Waals surface area contributed by atoms with Crippen molar-refractivity contribution in [3.8, 4) is 0 Å². The van der Waals surface area contributed by atoms with Gasteiger partial charge in [-0.2, -0.15) is 0 Å². The Balaban J connectivity index is 1.94. The van der Waals surface area contributed by atoms with Crippen molar-refractivity contribution in [3.63, 3.8) is 0 Å². The highest BCUT2D eigenvalue weighted by atomic mass is 14.4. The van der Waals surface area contributed by atoms with E-state index >= 15 is 0 Å². The van der Waals surface area contributed by atoms with Crippen LogP contribution < -0.4 is 0 Å². The lowest BCUT2D eigenvalue weighted by Crippen LogP contribution is -1.75. The molecule has 0 nitrogen and oxygen atoms in total. The number of hydrogen-bond donors (Lipinski definition) is 0. The zero-order chi connectivity index (χ0) is 6.69. The molecule has 0 aromatic heterocycles. The monoisotopic (exact) mass is 124 g/mol. The van der Waals surface area contributed by atoms with Gasteiger partial charge in [-0.3, -0.25) is 0 Å². The average Bonchev–Trinajstić information content (AvgIpc) is 2.48. The van der Waals surface area contributed by atoms with Gasteiger partial charge < -0.3 is 0 Å². The molecule has 1 saturated carbocycles. The fourth-order valence-corrected chi connectivity index (χ4v) is 1.28. The molecule has 0 N–H and O–H groups in total. The van der Waals surface area contributed by atoms with Crippen molar-refractivity contribution < 1.29 is 0 Å². The van der Waals surface area contributed by atoms with E-state index in [-0.39, 0.29) is 0 Å². The Morgan fingerprint density at radius 2 is 2.22 bits per heavy atom. The zero-order valence-corrected chi connectivity index (χ0v) is 6.43. The topological polar surface area (TPSA) is 0 Å². The minimum atomic E-state index is 1.04. The molecule has 9 heavy (non-hydrogen) atoms. The fraction of sp³-hybridized carbons (Fsp3) is 0.778. The summed E-state index contributed by atoms with van der Waals surface area (Å²) in [4.78, 5) is 0. The van der Waals surface area contributed by atoms with Crippen LogP contribution in [0, 0.1) is 11.8 Å². The highest BCUT2D eigenvalue weighted by molar-refractivity contribution is 4.86. The summed E-state index contributed by atoms with van der Waals surface area (Å²) in [5, 5.41) is 0. The van der Waals surface area contributed by atoms with E-state index in [1.165, 1.54) is 19.3 Å². The number of allylic oxidation sites excluding steroid dienone is 2. The van der Waals surface area contributed by atoms with Gasteiger partial charge in [-0.15, -0.1) is 0 Å². The third-order valence-electron chi connectivity index (χ3n) is 2.22. The molecule has 0 heterocycles. The molecule has 0 aliphatic heterocycles. The minimum Gasteiger partial charge on any atom is -0.0917 e. The fourth-order valence-electron chi connectivity index (χ4n) is 1.28. The highest BCUT2D eigenvalue weighted by Gasteiger charge is 2.30. The van der Waals surface area contributed by atoms with E-state index in [1.54, 1.807) is 0 Å².